The second-order valence-electron chi connectivity index (χ2n) is 4.22. The van der Waals surface area contributed by atoms with Crippen LogP contribution in [0.3, 0.4) is 0 Å². The van der Waals surface area contributed by atoms with Crippen LogP contribution in [-0.2, 0) is 9.53 Å². The molecule has 1 atom stereocenters. The Morgan fingerprint density at radius 2 is 2.12 bits per heavy atom. The number of rotatable bonds is 5. The maximum atomic E-state index is 11.6. The van der Waals surface area contributed by atoms with Crippen LogP contribution in [0.4, 0.5) is 0 Å². The van der Waals surface area contributed by atoms with Crippen LogP contribution in [0, 0.1) is 0 Å². The molecule has 0 unspecified atom stereocenters. The lowest BCUT2D eigenvalue weighted by atomic mass is 10.1. The van der Waals surface area contributed by atoms with Crippen LogP contribution in [0.25, 0.3) is 6.08 Å². The molecule has 0 aromatic heterocycles. The minimum atomic E-state index is -0.568. The van der Waals surface area contributed by atoms with E-state index < -0.39 is 5.60 Å². The molecule has 2 rings (SSSR count). The summed E-state index contributed by atoms with van der Waals surface area (Å²) in [5.41, 5.74) is 0.410. The molecule has 0 saturated carbocycles. The van der Waals surface area contributed by atoms with E-state index in [4.69, 9.17) is 9.47 Å². The van der Waals surface area contributed by atoms with E-state index in [-0.39, 0.29) is 5.78 Å². The van der Waals surface area contributed by atoms with E-state index >= 15 is 0 Å². The van der Waals surface area contributed by atoms with E-state index in [0.717, 1.165) is 11.3 Å². The first-order valence-electron chi connectivity index (χ1n) is 5.73. The largest absolute Gasteiger partial charge is 0.494 e. The summed E-state index contributed by atoms with van der Waals surface area (Å²) in [6.07, 6.45) is 3.37. The summed E-state index contributed by atoms with van der Waals surface area (Å²) < 4.78 is 10.4. The van der Waals surface area contributed by atoms with Crippen molar-refractivity contribution in [3.05, 3.63) is 35.9 Å². The zero-order valence-corrected chi connectivity index (χ0v) is 10.1. The lowest BCUT2D eigenvalue weighted by molar-refractivity contribution is -0.118. The van der Waals surface area contributed by atoms with Gasteiger partial charge < -0.3 is 9.47 Å². The molecule has 0 bridgehead atoms. The van der Waals surface area contributed by atoms with Gasteiger partial charge in [-0.2, -0.15) is 0 Å². The Balaban J connectivity index is 1.98. The normalized spacial score (nSPS) is 22.7. The van der Waals surface area contributed by atoms with Crippen molar-refractivity contribution in [2.75, 3.05) is 13.2 Å². The van der Waals surface area contributed by atoms with Gasteiger partial charge in [0, 0.05) is 0 Å². The highest BCUT2D eigenvalue weighted by atomic mass is 16.6. The van der Waals surface area contributed by atoms with E-state index in [2.05, 4.69) is 0 Å². The highest BCUT2D eigenvalue weighted by molar-refractivity contribution is 6.01. The van der Waals surface area contributed by atoms with Gasteiger partial charge in [-0.3, -0.25) is 4.79 Å². The van der Waals surface area contributed by atoms with Crippen molar-refractivity contribution in [1.82, 2.24) is 0 Å². The number of carbonyl (C=O) groups excluding carboxylic acids is 1. The maximum Gasteiger partial charge on any atom is 0.189 e. The molecule has 1 heterocycles. The number of epoxide rings is 1. The van der Waals surface area contributed by atoms with Gasteiger partial charge in [-0.1, -0.05) is 18.2 Å². The molecular formula is C14H16O3. The number of benzene rings is 1. The SMILES string of the molecule is CCOc1ccc(/C=C/C(=O)[C@]2(C)CO2)cc1. The van der Waals surface area contributed by atoms with Crippen molar-refractivity contribution in [2.24, 2.45) is 0 Å². The first-order chi connectivity index (χ1) is 8.14. The van der Waals surface area contributed by atoms with Crippen molar-refractivity contribution < 1.29 is 14.3 Å². The second-order valence-corrected chi connectivity index (χ2v) is 4.22. The van der Waals surface area contributed by atoms with Gasteiger partial charge in [-0.05, 0) is 37.6 Å². The van der Waals surface area contributed by atoms with E-state index in [1.807, 2.05) is 31.2 Å². The fourth-order valence-corrected chi connectivity index (χ4v) is 1.44. The summed E-state index contributed by atoms with van der Waals surface area (Å²) in [7, 11) is 0. The number of hydrogen-bond acceptors (Lipinski definition) is 3. The van der Waals surface area contributed by atoms with Crippen LogP contribution < -0.4 is 4.74 Å². The minimum absolute atomic E-state index is 0.0198. The van der Waals surface area contributed by atoms with E-state index in [1.165, 1.54) is 0 Å². The molecule has 17 heavy (non-hydrogen) atoms. The van der Waals surface area contributed by atoms with Gasteiger partial charge in [0.2, 0.25) is 0 Å². The molecule has 1 aromatic carbocycles. The topological polar surface area (TPSA) is 38.8 Å². The van der Waals surface area contributed by atoms with Gasteiger partial charge in [0.05, 0.1) is 13.2 Å². The highest BCUT2D eigenvalue weighted by Gasteiger charge is 2.45. The second kappa shape index (κ2) is 4.72. The Hall–Kier alpha value is -1.61. The summed E-state index contributed by atoms with van der Waals surface area (Å²) in [6, 6.07) is 7.63. The molecule has 1 fully saturated rings. The lowest BCUT2D eigenvalue weighted by Gasteiger charge is -2.02. The smallest absolute Gasteiger partial charge is 0.189 e. The van der Waals surface area contributed by atoms with Crippen LogP contribution in [0.15, 0.2) is 30.3 Å². The van der Waals surface area contributed by atoms with Gasteiger partial charge in [0.1, 0.15) is 5.75 Å². The maximum absolute atomic E-state index is 11.6. The summed E-state index contributed by atoms with van der Waals surface area (Å²) >= 11 is 0. The molecule has 3 heteroatoms. The predicted molar refractivity (Wildman–Crippen MR) is 66.0 cm³/mol. The predicted octanol–water partition coefficient (Wildman–Crippen LogP) is 2.46. The summed E-state index contributed by atoms with van der Waals surface area (Å²) in [5.74, 6) is 0.861. The number of hydrogen-bond donors (Lipinski definition) is 0. The van der Waals surface area contributed by atoms with E-state index in [1.54, 1.807) is 19.1 Å². The lowest BCUT2D eigenvalue weighted by Crippen LogP contribution is -2.17. The van der Waals surface area contributed by atoms with E-state index in [0.29, 0.717) is 13.2 Å². The zero-order chi connectivity index (χ0) is 12.3. The van der Waals surface area contributed by atoms with Crippen molar-refractivity contribution in [3.8, 4) is 5.75 Å². The van der Waals surface area contributed by atoms with Crippen LogP contribution >= 0.6 is 0 Å². The Morgan fingerprint density at radius 3 is 2.65 bits per heavy atom. The number of carbonyl (C=O) groups is 1. The average molecular weight is 232 g/mol. The van der Waals surface area contributed by atoms with Crippen molar-refractivity contribution in [3.63, 3.8) is 0 Å². The van der Waals surface area contributed by atoms with Crippen molar-refractivity contribution >= 4 is 11.9 Å². The molecule has 1 aliphatic heterocycles. The third-order valence-corrected chi connectivity index (χ3v) is 2.72. The van der Waals surface area contributed by atoms with Gasteiger partial charge in [0.25, 0.3) is 0 Å². The van der Waals surface area contributed by atoms with Gasteiger partial charge in [-0.15, -0.1) is 0 Å². The third kappa shape index (κ3) is 2.94. The van der Waals surface area contributed by atoms with Crippen LogP contribution in [0.2, 0.25) is 0 Å². The third-order valence-electron chi connectivity index (χ3n) is 2.72. The van der Waals surface area contributed by atoms with Gasteiger partial charge >= 0.3 is 0 Å². The highest BCUT2D eigenvalue weighted by Crippen LogP contribution is 2.27. The van der Waals surface area contributed by atoms with E-state index in [9.17, 15) is 4.79 Å². The molecule has 3 nitrogen and oxygen atoms in total. The van der Waals surface area contributed by atoms with Gasteiger partial charge in [-0.25, -0.2) is 0 Å². The zero-order valence-electron chi connectivity index (χ0n) is 10.1. The number of ketones is 1. The first kappa shape index (κ1) is 11.9. The molecule has 0 spiro atoms. The Kier molecular flexibility index (Phi) is 3.29. The number of ether oxygens (including phenoxy) is 2. The molecule has 1 saturated heterocycles. The van der Waals surface area contributed by atoms with Crippen LogP contribution in [-0.4, -0.2) is 24.6 Å². The Bertz CT molecular complexity index is 427. The first-order valence-corrected chi connectivity index (χ1v) is 5.73. The van der Waals surface area contributed by atoms with Crippen molar-refractivity contribution in [2.45, 2.75) is 19.4 Å². The fourth-order valence-electron chi connectivity index (χ4n) is 1.44. The molecule has 90 valence electrons. The Labute approximate surface area is 101 Å². The molecule has 1 aromatic rings. The summed E-state index contributed by atoms with van der Waals surface area (Å²) in [6.45, 7) is 4.93. The molecule has 0 radical (unpaired) electrons. The molecule has 0 N–H and O–H groups in total. The van der Waals surface area contributed by atoms with Crippen LogP contribution in [0.1, 0.15) is 19.4 Å². The monoisotopic (exact) mass is 232 g/mol. The fraction of sp³-hybridized carbons (Fsp3) is 0.357. The standard InChI is InChI=1S/C14H16O3/c1-3-16-12-7-4-11(5-8-12)6-9-13(15)14(2)10-17-14/h4-9H,3,10H2,1-2H3/b9-6+/t14-/m0/s1. The minimum Gasteiger partial charge on any atom is -0.494 e. The molecule has 0 amide bonds. The van der Waals surface area contributed by atoms with Crippen molar-refractivity contribution in [1.29, 1.82) is 0 Å². The van der Waals surface area contributed by atoms with Gasteiger partial charge in [0.15, 0.2) is 11.4 Å². The molecule has 0 aliphatic carbocycles. The molecular weight excluding hydrogens is 216 g/mol. The summed E-state index contributed by atoms with van der Waals surface area (Å²) in [4.78, 5) is 11.6. The summed E-state index contributed by atoms with van der Waals surface area (Å²) in [5, 5.41) is 0. The average Bonchev–Trinajstić information content (AvgIpc) is 3.08. The quantitative estimate of drug-likeness (QED) is 0.578. The Morgan fingerprint density at radius 1 is 1.47 bits per heavy atom. The van der Waals surface area contributed by atoms with Crippen LogP contribution in [0.5, 0.6) is 5.75 Å². The molecule has 1 aliphatic rings.